The van der Waals surface area contributed by atoms with Crippen LogP contribution in [0.4, 0.5) is 5.69 Å². The van der Waals surface area contributed by atoms with E-state index in [0.717, 1.165) is 12.8 Å². The second-order valence-corrected chi connectivity index (χ2v) is 7.70. The molecule has 3 unspecified atom stereocenters. The van der Waals surface area contributed by atoms with Gasteiger partial charge in [0.1, 0.15) is 0 Å². The van der Waals surface area contributed by atoms with E-state index in [1.54, 1.807) is 12.1 Å². The Morgan fingerprint density at radius 3 is 2.65 bits per heavy atom. The van der Waals surface area contributed by atoms with Crippen LogP contribution in [0.15, 0.2) is 24.3 Å². The third-order valence-electron chi connectivity index (χ3n) is 4.44. The summed E-state index contributed by atoms with van der Waals surface area (Å²) in [7, 11) is -3.34. The van der Waals surface area contributed by atoms with Crippen LogP contribution in [-0.2, 0) is 15.8 Å². The lowest BCUT2D eigenvalue weighted by Gasteiger charge is -2.34. The van der Waals surface area contributed by atoms with Crippen LogP contribution in [0.3, 0.4) is 0 Å². The fourth-order valence-electron chi connectivity index (χ4n) is 2.89. The van der Waals surface area contributed by atoms with E-state index in [4.69, 9.17) is 5.73 Å². The number of anilines is 1. The van der Waals surface area contributed by atoms with E-state index >= 15 is 0 Å². The summed E-state index contributed by atoms with van der Waals surface area (Å²) in [5.74, 6) is 0.905. The zero-order chi connectivity index (χ0) is 14.8. The summed E-state index contributed by atoms with van der Waals surface area (Å²) in [6.45, 7) is 4.33. The molecule has 1 aromatic rings. The first-order chi connectivity index (χ1) is 9.39. The van der Waals surface area contributed by atoms with Crippen molar-refractivity contribution in [2.24, 2.45) is 11.8 Å². The second kappa shape index (κ2) is 6.14. The minimum Gasteiger partial charge on any atom is -0.398 e. The third-order valence-corrected chi connectivity index (χ3v) is 5.79. The first-order valence-electron chi connectivity index (χ1n) is 7.22. The predicted molar refractivity (Wildman–Crippen MR) is 82.6 cm³/mol. The van der Waals surface area contributed by atoms with E-state index in [9.17, 15) is 8.42 Å². The number of nitrogens with one attached hydrogen (secondary N) is 1. The molecular weight excluding hydrogens is 272 g/mol. The SMILES string of the molecule is CC1CCCC(NS(=O)(=O)Cc2ccccc2N)C1C. The lowest BCUT2D eigenvalue weighted by atomic mass is 9.78. The van der Waals surface area contributed by atoms with Crippen molar-refractivity contribution in [3.63, 3.8) is 0 Å². The second-order valence-electron chi connectivity index (χ2n) is 5.95. The Balaban J connectivity index is 2.06. The molecule has 5 heteroatoms. The molecule has 4 nitrogen and oxygen atoms in total. The van der Waals surface area contributed by atoms with Gasteiger partial charge >= 0.3 is 0 Å². The number of nitrogen functional groups attached to an aromatic ring is 1. The van der Waals surface area contributed by atoms with Crippen LogP contribution in [0.5, 0.6) is 0 Å². The van der Waals surface area contributed by atoms with Crippen LogP contribution < -0.4 is 10.5 Å². The van der Waals surface area contributed by atoms with Gasteiger partial charge in [0.2, 0.25) is 10.0 Å². The normalized spacial score (nSPS) is 27.4. The standard InChI is InChI=1S/C15H24N2O2S/c1-11-6-5-9-15(12(11)2)17-20(18,19)10-13-7-3-4-8-14(13)16/h3-4,7-8,11-12,15,17H,5-6,9-10,16H2,1-2H3. The summed E-state index contributed by atoms with van der Waals surface area (Å²) in [5.41, 5.74) is 7.01. The smallest absolute Gasteiger partial charge is 0.216 e. The summed E-state index contributed by atoms with van der Waals surface area (Å²) in [4.78, 5) is 0. The minimum absolute atomic E-state index is 0.0444. The summed E-state index contributed by atoms with van der Waals surface area (Å²) in [5, 5.41) is 0. The highest BCUT2D eigenvalue weighted by molar-refractivity contribution is 7.88. The number of benzene rings is 1. The van der Waals surface area contributed by atoms with Gasteiger partial charge in [-0.2, -0.15) is 0 Å². The highest BCUT2D eigenvalue weighted by atomic mass is 32.2. The van der Waals surface area contributed by atoms with Crippen molar-refractivity contribution in [2.75, 3.05) is 5.73 Å². The molecule has 1 aliphatic carbocycles. The number of rotatable bonds is 4. The number of para-hydroxylation sites is 1. The maximum absolute atomic E-state index is 12.3. The van der Waals surface area contributed by atoms with Gasteiger partial charge in [-0.15, -0.1) is 0 Å². The van der Waals surface area contributed by atoms with E-state index in [-0.39, 0.29) is 11.8 Å². The van der Waals surface area contributed by atoms with E-state index in [1.807, 2.05) is 12.1 Å². The maximum atomic E-state index is 12.3. The molecule has 112 valence electrons. The number of hydrogen-bond donors (Lipinski definition) is 2. The summed E-state index contributed by atoms with van der Waals surface area (Å²) in [6, 6.07) is 7.17. The molecular formula is C15H24N2O2S. The lowest BCUT2D eigenvalue weighted by molar-refractivity contribution is 0.227. The molecule has 1 aliphatic rings. The van der Waals surface area contributed by atoms with Crippen LogP contribution >= 0.6 is 0 Å². The van der Waals surface area contributed by atoms with Crippen LogP contribution in [-0.4, -0.2) is 14.5 Å². The van der Waals surface area contributed by atoms with Gasteiger partial charge < -0.3 is 5.73 Å². The van der Waals surface area contributed by atoms with E-state index in [0.29, 0.717) is 23.1 Å². The average Bonchev–Trinajstić information content (AvgIpc) is 2.37. The van der Waals surface area contributed by atoms with Crippen LogP contribution in [0, 0.1) is 11.8 Å². The summed E-state index contributed by atoms with van der Waals surface area (Å²) in [6.07, 6.45) is 3.20. The van der Waals surface area contributed by atoms with E-state index in [1.165, 1.54) is 6.42 Å². The van der Waals surface area contributed by atoms with Crippen molar-refractivity contribution in [3.8, 4) is 0 Å². The highest BCUT2D eigenvalue weighted by Gasteiger charge is 2.30. The van der Waals surface area contributed by atoms with E-state index in [2.05, 4.69) is 18.6 Å². The molecule has 1 aromatic carbocycles. The molecule has 0 aliphatic heterocycles. The van der Waals surface area contributed by atoms with Gasteiger partial charge in [-0.3, -0.25) is 0 Å². The highest BCUT2D eigenvalue weighted by Crippen LogP contribution is 2.30. The molecule has 0 spiro atoms. The molecule has 20 heavy (non-hydrogen) atoms. The molecule has 3 N–H and O–H groups in total. The molecule has 3 atom stereocenters. The quantitative estimate of drug-likeness (QED) is 0.839. The van der Waals surface area contributed by atoms with Crippen LogP contribution in [0.2, 0.25) is 0 Å². The van der Waals surface area contributed by atoms with Gasteiger partial charge in [-0.25, -0.2) is 13.1 Å². The molecule has 0 bridgehead atoms. The van der Waals surface area contributed by atoms with Gasteiger partial charge in [-0.05, 0) is 29.9 Å². The number of hydrogen-bond acceptors (Lipinski definition) is 3. The summed E-state index contributed by atoms with van der Waals surface area (Å²) >= 11 is 0. The third kappa shape index (κ3) is 3.73. The van der Waals surface area contributed by atoms with Crippen molar-refractivity contribution in [2.45, 2.75) is 44.9 Å². The molecule has 1 saturated carbocycles. The fourth-order valence-corrected chi connectivity index (χ4v) is 4.44. The lowest BCUT2D eigenvalue weighted by Crippen LogP contribution is -2.44. The van der Waals surface area contributed by atoms with Crippen molar-refractivity contribution >= 4 is 15.7 Å². The van der Waals surface area contributed by atoms with Gasteiger partial charge in [0.05, 0.1) is 5.75 Å². The minimum atomic E-state index is -3.34. The zero-order valence-corrected chi connectivity index (χ0v) is 13.0. The van der Waals surface area contributed by atoms with Gasteiger partial charge in [0.25, 0.3) is 0 Å². The van der Waals surface area contributed by atoms with Crippen molar-refractivity contribution in [1.29, 1.82) is 0 Å². The van der Waals surface area contributed by atoms with Gasteiger partial charge in [0, 0.05) is 11.7 Å². The Kier molecular flexibility index (Phi) is 4.70. The first kappa shape index (κ1) is 15.3. The molecule has 0 saturated heterocycles. The topological polar surface area (TPSA) is 72.2 Å². The Morgan fingerprint density at radius 2 is 1.95 bits per heavy atom. The van der Waals surface area contributed by atoms with Crippen molar-refractivity contribution < 1.29 is 8.42 Å². The average molecular weight is 296 g/mol. The number of nitrogens with two attached hydrogens (primary N) is 1. The molecule has 0 amide bonds. The number of sulfonamides is 1. The fraction of sp³-hybridized carbons (Fsp3) is 0.600. The Labute approximate surface area is 121 Å². The Bertz CT molecular complexity index is 557. The molecule has 0 radical (unpaired) electrons. The molecule has 1 fully saturated rings. The zero-order valence-electron chi connectivity index (χ0n) is 12.2. The summed E-state index contributed by atoms with van der Waals surface area (Å²) < 4.78 is 27.5. The van der Waals surface area contributed by atoms with Crippen molar-refractivity contribution in [3.05, 3.63) is 29.8 Å². The van der Waals surface area contributed by atoms with Crippen LogP contribution in [0.1, 0.15) is 38.7 Å². The Morgan fingerprint density at radius 1 is 1.25 bits per heavy atom. The van der Waals surface area contributed by atoms with Gasteiger partial charge in [-0.1, -0.05) is 44.9 Å². The van der Waals surface area contributed by atoms with Gasteiger partial charge in [0.15, 0.2) is 0 Å². The molecule has 0 aromatic heterocycles. The molecule has 0 heterocycles. The van der Waals surface area contributed by atoms with Crippen LogP contribution in [0.25, 0.3) is 0 Å². The first-order valence-corrected chi connectivity index (χ1v) is 8.87. The largest absolute Gasteiger partial charge is 0.398 e. The van der Waals surface area contributed by atoms with E-state index < -0.39 is 10.0 Å². The van der Waals surface area contributed by atoms with Crippen molar-refractivity contribution in [1.82, 2.24) is 4.72 Å². The predicted octanol–water partition coefficient (Wildman–Crippen LogP) is 2.51. The Hall–Kier alpha value is -1.07. The monoisotopic (exact) mass is 296 g/mol. The molecule has 2 rings (SSSR count). The maximum Gasteiger partial charge on any atom is 0.216 e.